The number of rotatable bonds is 4. The van der Waals surface area contributed by atoms with E-state index < -0.39 is 23.6 Å². The molecule has 5 heteroatoms. The molecule has 0 fully saturated rings. The maximum absolute atomic E-state index is 12.9. The first kappa shape index (κ1) is 13.6. The summed E-state index contributed by atoms with van der Waals surface area (Å²) in [5.41, 5.74) is 5.91. The number of esters is 1. The fourth-order valence-electron chi connectivity index (χ4n) is 1.39. The minimum Gasteiger partial charge on any atom is -0.462 e. The summed E-state index contributed by atoms with van der Waals surface area (Å²) in [6.45, 7) is 3.40. The number of benzene rings is 1. The van der Waals surface area contributed by atoms with Crippen LogP contribution in [0.3, 0.4) is 0 Å². The lowest BCUT2D eigenvalue weighted by molar-refractivity contribution is -0.148. The average molecular weight is 243 g/mol. The van der Waals surface area contributed by atoms with Crippen LogP contribution in [0.15, 0.2) is 18.2 Å². The highest BCUT2D eigenvalue weighted by Crippen LogP contribution is 2.10. The molecule has 0 saturated carbocycles. The summed E-state index contributed by atoms with van der Waals surface area (Å²) in [4.78, 5) is 11.4. The van der Waals surface area contributed by atoms with Crippen molar-refractivity contribution in [2.75, 3.05) is 0 Å². The lowest BCUT2D eigenvalue weighted by Crippen LogP contribution is -2.35. The first-order valence-corrected chi connectivity index (χ1v) is 5.29. The maximum Gasteiger partial charge on any atom is 0.323 e. The summed E-state index contributed by atoms with van der Waals surface area (Å²) in [5, 5.41) is 0. The molecule has 2 N–H and O–H groups in total. The molecule has 0 unspecified atom stereocenters. The van der Waals surface area contributed by atoms with Gasteiger partial charge in [-0.2, -0.15) is 0 Å². The van der Waals surface area contributed by atoms with Crippen LogP contribution in [0, 0.1) is 11.6 Å². The van der Waals surface area contributed by atoms with Gasteiger partial charge >= 0.3 is 5.97 Å². The van der Waals surface area contributed by atoms with Crippen LogP contribution < -0.4 is 5.73 Å². The minimum atomic E-state index is -0.918. The van der Waals surface area contributed by atoms with Crippen molar-refractivity contribution in [2.45, 2.75) is 32.4 Å². The Labute approximate surface area is 98.6 Å². The van der Waals surface area contributed by atoms with Crippen LogP contribution in [0.5, 0.6) is 0 Å². The first-order chi connectivity index (χ1) is 7.88. The molecule has 0 aliphatic carbocycles. The maximum atomic E-state index is 12.9. The zero-order valence-electron chi connectivity index (χ0n) is 9.74. The predicted octanol–water partition coefficient (Wildman–Crippen LogP) is 1.79. The van der Waals surface area contributed by atoms with Crippen molar-refractivity contribution >= 4 is 5.97 Å². The van der Waals surface area contributed by atoms with Gasteiger partial charge in [-0.1, -0.05) is 0 Å². The van der Waals surface area contributed by atoms with Gasteiger partial charge in [-0.3, -0.25) is 4.79 Å². The fraction of sp³-hybridized carbons (Fsp3) is 0.417. The number of carbonyl (C=O) groups is 1. The Kier molecular flexibility index (Phi) is 4.57. The van der Waals surface area contributed by atoms with Gasteiger partial charge in [-0.05, 0) is 38.0 Å². The largest absolute Gasteiger partial charge is 0.462 e. The number of carbonyl (C=O) groups excluding carboxylic acids is 1. The molecule has 0 spiro atoms. The third-order valence-corrected chi connectivity index (χ3v) is 2.03. The van der Waals surface area contributed by atoms with E-state index in [9.17, 15) is 13.6 Å². The van der Waals surface area contributed by atoms with Crippen LogP contribution in [-0.2, 0) is 16.0 Å². The van der Waals surface area contributed by atoms with Crippen LogP contribution in [0.2, 0.25) is 0 Å². The molecule has 0 saturated heterocycles. The van der Waals surface area contributed by atoms with E-state index in [1.54, 1.807) is 13.8 Å². The SMILES string of the molecule is CC(C)OC(=O)[C@@H](N)Cc1cc(F)cc(F)c1. The van der Waals surface area contributed by atoms with E-state index in [0.29, 0.717) is 5.56 Å². The van der Waals surface area contributed by atoms with Crippen molar-refractivity contribution in [2.24, 2.45) is 5.73 Å². The van der Waals surface area contributed by atoms with E-state index >= 15 is 0 Å². The molecule has 0 bridgehead atoms. The third kappa shape index (κ3) is 4.48. The number of nitrogens with two attached hydrogens (primary N) is 1. The highest BCUT2D eigenvalue weighted by molar-refractivity contribution is 5.76. The monoisotopic (exact) mass is 243 g/mol. The van der Waals surface area contributed by atoms with Crippen molar-refractivity contribution in [3.63, 3.8) is 0 Å². The molecule has 0 heterocycles. The van der Waals surface area contributed by atoms with Crippen LogP contribution in [0.25, 0.3) is 0 Å². The number of hydrogen-bond donors (Lipinski definition) is 1. The predicted molar refractivity (Wildman–Crippen MR) is 59.3 cm³/mol. The molecule has 1 aromatic carbocycles. The number of halogens is 2. The Morgan fingerprint density at radius 3 is 2.29 bits per heavy atom. The van der Waals surface area contributed by atoms with Crippen LogP contribution in [0.1, 0.15) is 19.4 Å². The normalized spacial score (nSPS) is 12.6. The van der Waals surface area contributed by atoms with Crippen LogP contribution in [-0.4, -0.2) is 18.1 Å². The fourth-order valence-corrected chi connectivity index (χ4v) is 1.39. The summed E-state index contributed by atoms with van der Waals surface area (Å²) in [6, 6.07) is 2.14. The summed E-state index contributed by atoms with van der Waals surface area (Å²) in [7, 11) is 0. The van der Waals surface area contributed by atoms with Gasteiger partial charge in [0.25, 0.3) is 0 Å². The summed E-state index contributed by atoms with van der Waals surface area (Å²) in [5.74, 6) is -1.96. The van der Waals surface area contributed by atoms with Crippen molar-refractivity contribution < 1.29 is 18.3 Å². The van der Waals surface area contributed by atoms with Gasteiger partial charge in [0.15, 0.2) is 0 Å². The second-order valence-corrected chi connectivity index (χ2v) is 4.07. The second-order valence-electron chi connectivity index (χ2n) is 4.07. The summed E-state index contributed by atoms with van der Waals surface area (Å²) in [6.07, 6.45) is -0.224. The first-order valence-electron chi connectivity index (χ1n) is 5.29. The highest BCUT2D eigenvalue weighted by Gasteiger charge is 2.17. The van der Waals surface area contributed by atoms with E-state index in [1.165, 1.54) is 0 Å². The molecule has 0 amide bonds. The van der Waals surface area contributed by atoms with Gasteiger partial charge in [0.1, 0.15) is 17.7 Å². The minimum absolute atomic E-state index is 0.0419. The molecule has 3 nitrogen and oxygen atoms in total. The quantitative estimate of drug-likeness (QED) is 0.820. The molecule has 1 rings (SSSR count). The van der Waals surface area contributed by atoms with E-state index in [2.05, 4.69) is 0 Å². The lowest BCUT2D eigenvalue weighted by atomic mass is 10.1. The standard InChI is InChI=1S/C12H15F2NO2/c1-7(2)17-12(16)11(15)5-8-3-9(13)6-10(14)4-8/h3-4,6-7,11H,5,15H2,1-2H3/t11-/m0/s1. The summed E-state index contributed by atoms with van der Waals surface area (Å²) >= 11 is 0. The molecule has 0 aliphatic heterocycles. The Balaban J connectivity index is 2.67. The van der Waals surface area contributed by atoms with Crippen molar-refractivity contribution in [1.29, 1.82) is 0 Å². The smallest absolute Gasteiger partial charge is 0.323 e. The Morgan fingerprint density at radius 1 is 1.29 bits per heavy atom. The lowest BCUT2D eigenvalue weighted by Gasteiger charge is -2.13. The van der Waals surface area contributed by atoms with Gasteiger partial charge < -0.3 is 10.5 Å². The molecule has 0 aliphatic rings. The second kappa shape index (κ2) is 5.72. The Morgan fingerprint density at radius 2 is 1.82 bits per heavy atom. The molecule has 0 aromatic heterocycles. The molecule has 94 valence electrons. The number of ether oxygens (including phenoxy) is 1. The topological polar surface area (TPSA) is 52.3 Å². The zero-order valence-corrected chi connectivity index (χ0v) is 9.74. The van der Waals surface area contributed by atoms with Crippen LogP contribution >= 0.6 is 0 Å². The molecule has 0 radical (unpaired) electrons. The van der Waals surface area contributed by atoms with Gasteiger partial charge in [-0.25, -0.2) is 8.78 Å². The molecule has 1 atom stereocenters. The van der Waals surface area contributed by atoms with E-state index in [4.69, 9.17) is 10.5 Å². The van der Waals surface area contributed by atoms with E-state index in [-0.39, 0.29) is 12.5 Å². The van der Waals surface area contributed by atoms with Crippen molar-refractivity contribution in [3.8, 4) is 0 Å². The van der Waals surface area contributed by atoms with Gasteiger partial charge in [0.2, 0.25) is 0 Å². The molecular formula is C12H15F2NO2. The zero-order chi connectivity index (χ0) is 13.0. The molecule has 17 heavy (non-hydrogen) atoms. The van der Waals surface area contributed by atoms with Gasteiger partial charge in [-0.15, -0.1) is 0 Å². The van der Waals surface area contributed by atoms with Crippen molar-refractivity contribution in [3.05, 3.63) is 35.4 Å². The van der Waals surface area contributed by atoms with E-state index in [0.717, 1.165) is 18.2 Å². The van der Waals surface area contributed by atoms with Crippen LogP contribution in [0.4, 0.5) is 8.78 Å². The molecule has 1 aromatic rings. The third-order valence-electron chi connectivity index (χ3n) is 2.03. The summed E-state index contributed by atoms with van der Waals surface area (Å²) < 4.78 is 30.7. The Bertz CT molecular complexity index is 387. The molecular weight excluding hydrogens is 228 g/mol. The van der Waals surface area contributed by atoms with Gasteiger partial charge in [0.05, 0.1) is 6.10 Å². The highest BCUT2D eigenvalue weighted by atomic mass is 19.1. The average Bonchev–Trinajstić information content (AvgIpc) is 2.14. The Hall–Kier alpha value is -1.49. The van der Waals surface area contributed by atoms with Crippen molar-refractivity contribution in [1.82, 2.24) is 0 Å². The van der Waals surface area contributed by atoms with Gasteiger partial charge in [0, 0.05) is 6.07 Å². The van der Waals surface area contributed by atoms with E-state index in [1.807, 2.05) is 0 Å². The number of hydrogen-bond acceptors (Lipinski definition) is 3.